The van der Waals surface area contributed by atoms with Crippen LogP contribution in [0.15, 0.2) is 45.3 Å². The third-order valence-corrected chi connectivity index (χ3v) is 3.71. The van der Waals surface area contributed by atoms with Gasteiger partial charge in [0.15, 0.2) is 5.78 Å². The van der Waals surface area contributed by atoms with Crippen LogP contribution in [0.3, 0.4) is 0 Å². The van der Waals surface area contributed by atoms with Crippen LogP contribution in [-0.2, 0) is 9.23 Å². The molecule has 2 rings (SSSR count). The summed E-state index contributed by atoms with van der Waals surface area (Å²) in [5.74, 6) is -1.14. The third kappa shape index (κ3) is 15.7. The molecule has 162 valence electrons. The minimum atomic E-state index is -1.67. The summed E-state index contributed by atoms with van der Waals surface area (Å²) in [5.41, 5.74) is 2.80. The number of carboxylic acids is 1. The Kier molecular flexibility index (Phi) is 17.7. The number of hydrogen-bond donors (Lipinski definition) is 3. The van der Waals surface area contributed by atoms with Gasteiger partial charge in [-0.05, 0) is 61.4 Å². The summed E-state index contributed by atoms with van der Waals surface area (Å²) >= 11 is 6.49. The van der Waals surface area contributed by atoms with Gasteiger partial charge in [-0.15, -0.1) is 0 Å². The standard InChI is InChI=1S/C9H9BrO2.C8H7BrO2.CH4O.Cl2OS/c1-6-2-7(9(12)5-11)4-8(10)3-6;1-5-2-6(8(10)11)4-7(9)3-5;1-2;1-4(2)3/h2-4,11H,5H2,1H3;2-4H,1H3,(H,10,11);2H,1H3;. The molecule has 0 radical (unpaired) electrons. The summed E-state index contributed by atoms with van der Waals surface area (Å²) in [4.78, 5) is 21.5. The number of halogens is 4. The molecule has 0 atom stereocenters. The molecule has 11 heteroatoms. The predicted molar refractivity (Wildman–Crippen MR) is 124 cm³/mol. The summed E-state index contributed by atoms with van der Waals surface area (Å²) in [7, 11) is 8.36. The first-order valence-electron chi connectivity index (χ1n) is 7.57. The van der Waals surface area contributed by atoms with E-state index in [9.17, 15) is 9.59 Å². The van der Waals surface area contributed by atoms with Gasteiger partial charge in [0, 0.05) is 43.0 Å². The van der Waals surface area contributed by atoms with Crippen LogP contribution < -0.4 is 0 Å². The largest absolute Gasteiger partial charge is 0.478 e. The highest BCUT2D eigenvalue weighted by Gasteiger charge is 2.05. The van der Waals surface area contributed by atoms with E-state index in [1.807, 2.05) is 26.0 Å². The first kappa shape index (κ1) is 30.4. The van der Waals surface area contributed by atoms with Crippen molar-refractivity contribution in [2.75, 3.05) is 13.7 Å². The minimum Gasteiger partial charge on any atom is -0.478 e. The maximum atomic E-state index is 11.0. The first-order valence-corrected chi connectivity index (χ1v) is 12.0. The molecule has 0 amide bonds. The highest BCUT2D eigenvalue weighted by molar-refractivity contribution is 9.10. The maximum absolute atomic E-state index is 11.0. The van der Waals surface area contributed by atoms with Crippen LogP contribution in [0.5, 0.6) is 0 Å². The molecule has 0 saturated heterocycles. The van der Waals surface area contributed by atoms with Gasteiger partial charge in [-0.2, -0.15) is 0 Å². The molecule has 0 spiro atoms. The van der Waals surface area contributed by atoms with Gasteiger partial charge in [0.25, 0.3) is 0 Å². The van der Waals surface area contributed by atoms with Crippen LogP contribution in [0.2, 0.25) is 0 Å². The molecule has 0 aromatic heterocycles. The van der Waals surface area contributed by atoms with E-state index >= 15 is 0 Å². The van der Waals surface area contributed by atoms with Gasteiger partial charge < -0.3 is 15.3 Å². The fourth-order valence-electron chi connectivity index (χ4n) is 1.85. The fourth-order valence-corrected chi connectivity index (χ4v) is 3.06. The molecule has 0 saturated carbocycles. The lowest BCUT2D eigenvalue weighted by atomic mass is 10.1. The number of ketones is 1. The Morgan fingerprint density at radius 2 is 1.24 bits per heavy atom. The van der Waals surface area contributed by atoms with Crippen LogP contribution in [0.4, 0.5) is 0 Å². The Labute approximate surface area is 197 Å². The smallest absolute Gasteiger partial charge is 0.335 e. The van der Waals surface area contributed by atoms with Crippen molar-refractivity contribution in [3.8, 4) is 0 Å². The number of aliphatic hydroxyl groups excluding tert-OH is 2. The fraction of sp³-hybridized carbons (Fsp3) is 0.222. The number of rotatable bonds is 3. The minimum absolute atomic E-state index is 0.251. The second-order valence-corrected chi connectivity index (χ2v) is 9.46. The van der Waals surface area contributed by atoms with Crippen LogP contribution >= 0.6 is 53.2 Å². The van der Waals surface area contributed by atoms with Gasteiger partial charge in [-0.1, -0.05) is 31.9 Å². The molecule has 3 N–H and O–H groups in total. The number of benzene rings is 2. The van der Waals surface area contributed by atoms with Crippen LogP contribution in [0.25, 0.3) is 0 Å². The third-order valence-electron chi connectivity index (χ3n) is 2.80. The lowest BCUT2D eigenvalue weighted by molar-refractivity contribution is 0.0696. The highest BCUT2D eigenvalue weighted by Crippen LogP contribution is 2.16. The maximum Gasteiger partial charge on any atom is 0.335 e. The Hall–Kier alpha value is -0.810. The zero-order chi connectivity index (χ0) is 23.1. The number of carbonyl (C=O) groups is 2. The molecule has 0 unspecified atom stereocenters. The van der Waals surface area contributed by atoms with E-state index in [1.54, 1.807) is 24.3 Å². The van der Waals surface area contributed by atoms with Crippen molar-refractivity contribution in [2.45, 2.75) is 13.8 Å². The van der Waals surface area contributed by atoms with E-state index in [0.717, 1.165) is 27.2 Å². The SMILES string of the molecule is CO.Cc1cc(Br)cc(C(=O)CO)c1.Cc1cc(Br)cc(C(=O)O)c1.O=S(Cl)Cl. The summed E-state index contributed by atoms with van der Waals surface area (Å²) in [6.07, 6.45) is 0. The summed E-state index contributed by atoms with van der Waals surface area (Å²) in [5, 5.41) is 24.2. The van der Waals surface area contributed by atoms with E-state index in [2.05, 4.69) is 53.2 Å². The van der Waals surface area contributed by atoms with Crippen molar-refractivity contribution >= 4 is 74.2 Å². The molecule has 0 bridgehead atoms. The number of carboxylic acid groups (broad SMARTS) is 1. The predicted octanol–water partition coefficient (Wildman–Crippen LogP) is 5.04. The van der Waals surface area contributed by atoms with Crippen molar-refractivity contribution in [2.24, 2.45) is 0 Å². The zero-order valence-corrected chi connectivity index (χ0v) is 21.2. The monoisotopic (exact) mass is 592 g/mol. The van der Waals surface area contributed by atoms with Crippen LogP contribution in [0, 0.1) is 13.8 Å². The molecule has 2 aromatic carbocycles. The molecular weight excluding hydrogens is 575 g/mol. The number of aliphatic hydroxyl groups is 2. The highest BCUT2D eigenvalue weighted by atomic mass is 79.9. The van der Waals surface area contributed by atoms with Crippen molar-refractivity contribution < 1.29 is 29.1 Å². The molecule has 2 aromatic rings. The average Bonchev–Trinajstić information content (AvgIpc) is 2.61. The number of aryl methyl sites for hydroxylation is 2. The van der Waals surface area contributed by atoms with Crippen molar-refractivity contribution in [3.63, 3.8) is 0 Å². The Balaban J connectivity index is 0. The number of Topliss-reactive ketones (excluding diaryl/α,β-unsaturated/α-hetero) is 1. The Bertz CT molecular complexity index is 789. The number of carbonyl (C=O) groups excluding carboxylic acids is 1. The van der Waals surface area contributed by atoms with Gasteiger partial charge in [0.2, 0.25) is 9.23 Å². The molecule has 0 aliphatic carbocycles. The first-order chi connectivity index (χ1) is 13.5. The van der Waals surface area contributed by atoms with Crippen molar-refractivity contribution in [1.29, 1.82) is 0 Å². The van der Waals surface area contributed by atoms with Crippen LogP contribution in [0.1, 0.15) is 31.8 Å². The molecule has 29 heavy (non-hydrogen) atoms. The van der Waals surface area contributed by atoms with E-state index in [0.29, 0.717) is 11.1 Å². The molecule has 0 aliphatic heterocycles. The van der Waals surface area contributed by atoms with Gasteiger partial charge in [0.1, 0.15) is 6.61 Å². The van der Waals surface area contributed by atoms with Gasteiger partial charge in [-0.25, -0.2) is 9.00 Å². The number of hydrogen-bond acceptors (Lipinski definition) is 5. The van der Waals surface area contributed by atoms with E-state index in [-0.39, 0.29) is 5.78 Å². The normalized spacial score (nSPS) is 9.17. The molecule has 6 nitrogen and oxygen atoms in total. The average molecular weight is 595 g/mol. The molecule has 0 heterocycles. The molecule has 0 fully saturated rings. The lowest BCUT2D eigenvalue weighted by Crippen LogP contribution is -2.04. The summed E-state index contributed by atoms with van der Waals surface area (Å²) in [6, 6.07) is 10.4. The van der Waals surface area contributed by atoms with Gasteiger partial charge in [0.05, 0.1) is 5.56 Å². The van der Waals surface area contributed by atoms with Gasteiger partial charge >= 0.3 is 5.97 Å². The Morgan fingerprint density at radius 3 is 1.55 bits per heavy atom. The lowest BCUT2D eigenvalue weighted by Gasteiger charge is -2.00. The zero-order valence-electron chi connectivity index (χ0n) is 15.7. The van der Waals surface area contributed by atoms with E-state index < -0.39 is 21.8 Å². The topological polar surface area (TPSA) is 112 Å². The molecular formula is C18H20Br2Cl2O6S. The van der Waals surface area contributed by atoms with Crippen molar-refractivity contribution in [3.05, 3.63) is 67.6 Å². The van der Waals surface area contributed by atoms with E-state index in [1.165, 1.54) is 0 Å². The second kappa shape index (κ2) is 16.9. The summed E-state index contributed by atoms with van der Waals surface area (Å²) in [6.45, 7) is 3.33. The summed E-state index contributed by atoms with van der Waals surface area (Å²) < 4.78 is 10.7. The molecule has 0 aliphatic rings. The Morgan fingerprint density at radius 1 is 0.897 bits per heavy atom. The van der Waals surface area contributed by atoms with E-state index in [4.69, 9.17) is 19.5 Å². The quantitative estimate of drug-likeness (QED) is 0.339. The second-order valence-electron chi connectivity index (χ2n) is 5.11. The number of aromatic carboxylic acids is 1. The van der Waals surface area contributed by atoms with Crippen LogP contribution in [-0.4, -0.2) is 45.0 Å². The van der Waals surface area contributed by atoms with Crippen molar-refractivity contribution in [1.82, 2.24) is 0 Å². The van der Waals surface area contributed by atoms with Gasteiger partial charge in [-0.3, -0.25) is 4.79 Å².